The number of rotatable bonds is 6. The Morgan fingerprint density at radius 1 is 1.08 bits per heavy atom. The van der Waals surface area contributed by atoms with Crippen LogP contribution in [-0.4, -0.2) is 5.91 Å². The SMILES string of the molecule is CCC(CC)c1cc[n+](CC(=O)Nc2cc(C)ccc2C)cc1.[Cl-]. The molecule has 2 rings (SSSR count). The lowest BCUT2D eigenvalue weighted by atomic mass is 9.95. The van der Waals surface area contributed by atoms with Crippen molar-refractivity contribution in [2.45, 2.75) is 53.0 Å². The first-order valence-electron chi connectivity index (χ1n) is 8.39. The van der Waals surface area contributed by atoms with Crippen LogP contribution in [0.5, 0.6) is 0 Å². The summed E-state index contributed by atoms with van der Waals surface area (Å²) in [6, 6.07) is 10.3. The first kappa shape index (κ1) is 20.2. The van der Waals surface area contributed by atoms with Crippen LogP contribution in [0.3, 0.4) is 0 Å². The van der Waals surface area contributed by atoms with Crippen molar-refractivity contribution in [2.24, 2.45) is 0 Å². The van der Waals surface area contributed by atoms with Gasteiger partial charge in [-0.2, -0.15) is 4.57 Å². The van der Waals surface area contributed by atoms with Gasteiger partial charge in [0.15, 0.2) is 12.4 Å². The minimum atomic E-state index is -0.000942. The zero-order chi connectivity index (χ0) is 16.8. The Labute approximate surface area is 151 Å². The fourth-order valence-corrected chi connectivity index (χ4v) is 2.83. The molecule has 0 aliphatic carbocycles. The van der Waals surface area contributed by atoms with Crippen molar-refractivity contribution in [1.82, 2.24) is 0 Å². The van der Waals surface area contributed by atoms with Crippen LogP contribution < -0.4 is 22.3 Å². The molecule has 1 N–H and O–H groups in total. The number of aromatic nitrogens is 1. The van der Waals surface area contributed by atoms with Gasteiger partial charge in [0, 0.05) is 17.8 Å². The molecule has 0 aliphatic heterocycles. The number of carbonyl (C=O) groups excluding carboxylic acids is 1. The van der Waals surface area contributed by atoms with Crippen LogP contribution in [0.2, 0.25) is 0 Å². The summed E-state index contributed by atoms with van der Waals surface area (Å²) in [5, 5.41) is 3.00. The number of carbonyl (C=O) groups is 1. The molecule has 0 spiro atoms. The lowest BCUT2D eigenvalue weighted by Gasteiger charge is -2.11. The second kappa shape index (κ2) is 9.43. The summed E-state index contributed by atoms with van der Waals surface area (Å²) in [6.45, 7) is 8.79. The summed E-state index contributed by atoms with van der Waals surface area (Å²) in [7, 11) is 0. The highest BCUT2D eigenvalue weighted by atomic mass is 35.5. The van der Waals surface area contributed by atoms with Crippen molar-refractivity contribution in [3.8, 4) is 0 Å². The van der Waals surface area contributed by atoms with Crippen molar-refractivity contribution < 1.29 is 21.8 Å². The number of aryl methyl sites for hydroxylation is 2. The van der Waals surface area contributed by atoms with Gasteiger partial charge in [-0.15, -0.1) is 0 Å². The number of amides is 1. The summed E-state index contributed by atoms with van der Waals surface area (Å²) in [5.41, 5.74) is 4.47. The Morgan fingerprint density at radius 3 is 2.29 bits per heavy atom. The van der Waals surface area contributed by atoms with Gasteiger partial charge in [-0.3, -0.25) is 4.79 Å². The molecule has 2 aromatic rings. The van der Waals surface area contributed by atoms with Gasteiger partial charge in [-0.25, -0.2) is 0 Å². The number of hydrogen-bond donors (Lipinski definition) is 1. The Balaban J connectivity index is 0.00000288. The second-order valence-corrected chi connectivity index (χ2v) is 6.18. The van der Waals surface area contributed by atoms with E-state index in [1.165, 1.54) is 5.56 Å². The van der Waals surface area contributed by atoms with Crippen LogP contribution in [0.1, 0.15) is 49.3 Å². The highest BCUT2D eigenvalue weighted by Gasteiger charge is 2.13. The average Bonchev–Trinajstić information content (AvgIpc) is 2.53. The zero-order valence-electron chi connectivity index (χ0n) is 15.0. The predicted molar refractivity (Wildman–Crippen MR) is 94.5 cm³/mol. The van der Waals surface area contributed by atoms with Crippen LogP contribution in [0.25, 0.3) is 0 Å². The molecule has 0 unspecified atom stereocenters. The number of pyridine rings is 1. The molecule has 1 aromatic heterocycles. The highest BCUT2D eigenvalue weighted by molar-refractivity contribution is 5.90. The molecule has 24 heavy (non-hydrogen) atoms. The minimum Gasteiger partial charge on any atom is -1.00 e. The fourth-order valence-electron chi connectivity index (χ4n) is 2.83. The fraction of sp³-hybridized carbons (Fsp3) is 0.400. The quantitative estimate of drug-likeness (QED) is 0.782. The second-order valence-electron chi connectivity index (χ2n) is 6.18. The molecule has 1 heterocycles. The van der Waals surface area contributed by atoms with Gasteiger partial charge >= 0.3 is 0 Å². The molecule has 0 saturated carbocycles. The molecule has 0 bridgehead atoms. The summed E-state index contributed by atoms with van der Waals surface area (Å²) in [5.74, 6) is 0.604. The lowest BCUT2D eigenvalue weighted by Crippen LogP contribution is -3.00. The summed E-state index contributed by atoms with van der Waals surface area (Å²) >= 11 is 0. The van der Waals surface area contributed by atoms with E-state index < -0.39 is 0 Å². The molecule has 1 aromatic carbocycles. The molecular formula is C20H27ClN2O. The van der Waals surface area contributed by atoms with Crippen LogP contribution in [0.4, 0.5) is 5.69 Å². The predicted octanol–water partition coefficient (Wildman–Crippen LogP) is 1.14. The van der Waals surface area contributed by atoms with Crippen molar-refractivity contribution in [3.63, 3.8) is 0 Å². The van der Waals surface area contributed by atoms with Crippen LogP contribution in [-0.2, 0) is 11.3 Å². The number of nitrogens with one attached hydrogen (secondary N) is 1. The molecule has 0 radical (unpaired) electrons. The smallest absolute Gasteiger partial charge is 0.290 e. The van der Waals surface area contributed by atoms with E-state index >= 15 is 0 Å². The summed E-state index contributed by atoms with van der Waals surface area (Å²) in [4.78, 5) is 12.2. The van der Waals surface area contributed by atoms with Gasteiger partial charge in [-0.05, 0) is 55.4 Å². The Hall–Kier alpha value is -1.87. The van der Waals surface area contributed by atoms with Crippen molar-refractivity contribution in [3.05, 3.63) is 59.4 Å². The van der Waals surface area contributed by atoms with E-state index in [0.717, 1.165) is 29.7 Å². The lowest BCUT2D eigenvalue weighted by molar-refractivity contribution is -0.684. The molecule has 4 heteroatoms. The van der Waals surface area contributed by atoms with Gasteiger partial charge in [0.05, 0.1) is 0 Å². The Kier molecular flexibility index (Phi) is 7.93. The van der Waals surface area contributed by atoms with E-state index in [-0.39, 0.29) is 18.3 Å². The maximum atomic E-state index is 12.2. The Bertz CT molecular complexity index is 664. The van der Waals surface area contributed by atoms with Gasteiger partial charge in [-0.1, -0.05) is 26.0 Å². The normalized spacial score (nSPS) is 10.4. The number of anilines is 1. The first-order chi connectivity index (χ1) is 11.0. The summed E-state index contributed by atoms with van der Waals surface area (Å²) in [6.07, 6.45) is 6.29. The zero-order valence-corrected chi connectivity index (χ0v) is 15.7. The first-order valence-corrected chi connectivity index (χ1v) is 8.39. The van der Waals surface area contributed by atoms with Crippen molar-refractivity contribution in [1.29, 1.82) is 0 Å². The molecule has 130 valence electrons. The van der Waals surface area contributed by atoms with Gasteiger partial charge in [0.2, 0.25) is 6.54 Å². The number of hydrogen-bond acceptors (Lipinski definition) is 1. The minimum absolute atomic E-state index is 0. The maximum Gasteiger partial charge on any atom is 0.290 e. The van der Waals surface area contributed by atoms with Crippen LogP contribution in [0.15, 0.2) is 42.7 Å². The van der Waals surface area contributed by atoms with E-state index in [1.54, 1.807) is 0 Å². The molecular weight excluding hydrogens is 320 g/mol. The van der Waals surface area contributed by atoms with E-state index in [2.05, 4.69) is 37.4 Å². The van der Waals surface area contributed by atoms with E-state index in [4.69, 9.17) is 0 Å². The highest BCUT2D eigenvalue weighted by Crippen LogP contribution is 2.21. The molecule has 0 atom stereocenters. The standard InChI is InChI=1S/C20H26N2O.ClH/c1-5-17(6-2)18-9-11-22(12-10-18)14-20(23)21-19-13-15(3)7-8-16(19)4;/h7-13,17H,5-6,14H2,1-4H3;1H. The monoisotopic (exact) mass is 346 g/mol. The largest absolute Gasteiger partial charge is 1.00 e. The topological polar surface area (TPSA) is 33.0 Å². The number of nitrogens with zero attached hydrogens (tertiary/aromatic N) is 1. The summed E-state index contributed by atoms with van der Waals surface area (Å²) < 4.78 is 1.92. The van der Waals surface area contributed by atoms with Crippen LogP contribution >= 0.6 is 0 Å². The molecule has 3 nitrogen and oxygen atoms in total. The molecule has 0 aliphatic rings. The third kappa shape index (κ3) is 5.34. The maximum absolute atomic E-state index is 12.2. The van der Waals surface area contributed by atoms with E-state index in [9.17, 15) is 4.79 Å². The van der Waals surface area contributed by atoms with Crippen LogP contribution in [0, 0.1) is 13.8 Å². The third-order valence-corrected chi connectivity index (χ3v) is 4.37. The number of halogens is 1. The van der Waals surface area contributed by atoms with E-state index in [1.807, 2.05) is 42.9 Å². The molecule has 0 fully saturated rings. The van der Waals surface area contributed by atoms with Crippen molar-refractivity contribution in [2.75, 3.05) is 5.32 Å². The van der Waals surface area contributed by atoms with Gasteiger partial charge in [0.25, 0.3) is 5.91 Å². The van der Waals surface area contributed by atoms with Gasteiger partial charge < -0.3 is 17.7 Å². The van der Waals surface area contributed by atoms with E-state index in [0.29, 0.717) is 12.5 Å². The van der Waals surface area contributed by atoms with Gasteiger partial charge in [0.1, 0.15) is 0 Å². The number of benzene rings is 1. The Morgan fingerprint density at radius 2 is 1.71 bits per heavy atom. The molecule has 0 saturated heterocycles. The molecule has 1 amide bonds. The average molecular weight is 347 g/mol. The third-order valence-electron chi connectivity index (χ3n) is 4.37. The van der Waals surface area contributed by atoms with Crippen molar-refractivity contribution >= 4 is 11.6 Å².